The van der Waals surface area contributed by atoms with Crippen LogP contribution in [-0.2, 0) is 0 Å². The van der Waals surface area contributed by atoms with Gasteiger partial charge in [-0.05, 0) is 43.2 Å². The minimum absolute atomic E-state index is 0.292. The summed E-state index contributed by atoms with van der Waals surface area (Å²) < 4.78 is 1.23. The third-order valence-electron chi connectivity index (χ3n) is 2.86. The Hall–Kier alpha value is -0.340. The second kappa shape index (κ2) is 6.29. The van der Waals surface area contributed by atoms with Gasteiger partial charge in [-0.2, -0.15) is 0 Å². The Morgan fingerprint density at radius 3 is 2.73 bits per heavy atom. The van der Waals surface area contributed by atoms with Gasteiger partial charge in [0, 0.05) is 11.1 Å². The van der Waals surface area contributed by atoms with Crippen LogP contribution in [0.2, 0.25) is 0 Å². The topological polar surface area (TPSA) is 20.2 Å². The monoisotopic (exact) mass is 270 g/mol. The molecular weight excluding hydrogens is 252 g/mol. The highest BCUT2D eigenvalue weighted by atomic mass is 79.9. The first-order chi connectivity index (χ1) is 7.20. The van der Waals surface area contributed by atoms with Gasteiger partial charge in [-0.1, -0.05) is 41.1 Å². The Morgan fingerprint density at radius 1 is 1.40 bits per heavy atom. The maximum atomic E-state index is 8.87. The number of aryl methyl sites for hydroxylation is 1. The van der Waals surface area contributed by atoms with E-state index >= 15 is 0 Å². The van der Waals surface area contributed by atoms with Gasteiger partial charge >= 0.3 is 0 Å². The van der Waals surface area contributed by atoms with Crippen LogP contribution >= 0.6 is 15.9 Å². The fraction of sp³-hybridized carbons (Fsp3) is 0.538. The van der Waals surface area contributed by atoms with Gasteiger partial charge in [0.1, 0.15) is 0 Å². The molecule has 15 heavy (non-hydrogen) atoms. The fourth-order valence-electron chi connectivity index (χ4n) is 1.90. The number of benzene rings is 1. The van der Waals surface area contributed by atoms with E-state index in [2.05, 4.69) is 48.0 Å². The Bertz CT molecular complexity index is 309. The number of rotatable bonds is 5. The van der Waals surface area contributed by atoms with E-state index in [-0.39, 0.29) is 0 Å². The lowest BCUT2D eigenvalue weighted by atomic mass is 9.91. The van der Waals surface area contributed by atoms with Crippen molar-refractivity contribution >= 4 is 15.9 Å². The number of hydrogen-bond acceptors (Lipinski definition) is 1. The second-order valence-corrected chi connectivity index (χ2v) is 4.74. The molecular formula is C13H19BrO. The molecule has 1 aromatic carbocycles. The number of halogens is 1. The van der Waals surface area contributed by atoms with Crippen molar-refractivity contribution in [1.29, 1.82) is 0 Å². The van der Waals surface area contributed by atoms with E-state index in [1.165, 1.54) is 15.6 Å². The molecule has 1 nitrogen and oxygen atoms in total. The zero-order chi connectivity index (χ0) is 11.3. The summed E-state index contributed by atoms with van der Waals surface area (Å²) in [6, 6.07) is 6.41. The minimum atomic E-state index is 0.292. The predicted octanol–water partition coefficient (Wildman–Crippen LogP) is 4.02. The minimum Gasteiger partial charge on any atom is -0.396 e. The molecule has 1 atom stereocenters. The summed E-state index contributed by atoms with van der Waals surface area (Å²) in [5, 5.41) is 8.87. The Balaban J connectivity index is 2.86. The lowest BCUT2D eigenvalue weighted by Crippen LogP contribution is -2.00. The fourth-order valence-corrected chi connectivity index (χ4v) is 2.49. The van der Waals surface area contributed by atoms with Gasteiger partial charge in [0.2, 0.25) is 0 Å². The number of aliphatic hydroxyl groups excluding tert-OH is 1. The molecule has 0 radical (unpaired) electrons. The predicted molar refractivity (Wildman–Crippen MR) is 68.2 cm³/mol. The van der Waals surface area contributed by atoms with Crippen LogP contribution in [0.3, 0.4) is 0 Å². The zero-order valence-corrected chi connectivity index (χ0v) is 11.0. The van der Waals surface area contributed by atoms with Crippen molar-refractivity contribution in [2.75, 3.05) is 6.61 Å². The van der Waals surface area contributed by atoms with Gasteiger partial charge in [-0.15, -0.1) is 0 Å². The van der Waals surface area contributed by atoms with Crippen LogP contribution in [0.5, 0.6) is 0 Å². The zero-order valence-electron chi connectivity index (χ0n) is 9.46. The van der Waals surface area contributed by atoms with Gasteiger partial charge in [-0.25, -0.2) is 0 Å². The Kier molecular flexibility index (Phi) is 5.34. The van der Waals surface area contributed by atoms with Crippen LogP contribution in [-0.4, -0.2) is 11.7 Å². The maximum absolute atomic E-state index is 8.87. The van der Waals surface area contributed by atoms with Crippen molar-refractivity contribution < 1.29 is 5.11 Å². The molecule has 0 aromatic heterocycles. The molecule has 0 heterocycles. The van der Waals surface area contributed by atoms with Crippen molar-refractivity contribution in [1.82, 2.24) is 0 Å². The average molecular weight is 271 g/mol. The highest BCUT2D eigenvalue weighted by molar-refractivity contribution is 9.10. The van der Waals surface area contributed by atoms with Crippen molar-refractivity contribution in [3.8, 4) is 0 Å². The van der Waals surface area contributed by atoms with Gasteiger partial charge in [0.25, 0.3) is 0 Å². The van der Waals surface area contributed by atoms with Crippen LogP contribution in [0.4, 0.5) is 0 Å². The molecule has 0 aliphatic rings. The molecule has 1 N–H and O–H groups in total. The van der Waals surface area contributed by atoms with Gasteiger partial charge in [0.05, 0.1) is 0 Å². The molecule has 0 aliphatic heterocycles. The molecule has 1 unspecified atom stereocenters. The average Bonchev–Trinajstić information content (AvgIpc) is 2.25. The normalized spacial score (nSPS) is 12.8. The van der Waals surface area contributed by atoms with Crippen LogP contribution in [0, 0.1) is 6.92 Å². The SMILES string of the molecule is CCC(CCCO)c1cccc(C)c1Br. The van der Waals surface area contributed by atoms with Crippen molar-refractivity contribution in [2.45, 2.75) is 39.0 Å². The lowest BCUT2D eigenvalue weighted by molar-refractivity contribution is 0.279. The summed E-state index contributed by atoms with van der Waals surface area (Å²) in [7, 11) is 0. The van der Waals surface area contributed by atoms with Gasteiger partial charge in [-0.3, -0.25) is 0 Å². The lowest BCUT2D eigenvalue weighted by Gasteiger charge is -2.17. The smallest absolute Gasteiger partial charge is 0.0431 e. The first-order valence-corrected chi connectivity index (χ1v) is 6.35. The van der Waals surface area contributed by atoms with Crippen molar-refractivity contribution in [2.24, 2.45) is 0 Å². The quantitative estimate of drug-likeness (QED) is 0.857. The summed E-state index contributed by atoms with van der Waals surface area (Å²) in [6.45, 7) is 4.61. The van der Waals surface area contributed by atoms with Crippen molar-refractivity contribution in [3.63, 3.8) is 0 Å². The standard InChI is InChI=1S/C13H19BrO/c1-3-11(7-5-9-15)12-8-4-6-10(2)13(12)14/h4,6,8,11,15H,3,5,7,9H2,1-2H3. The Morgan fingerprint density at radius 2 is 2.13 bits per heavy atom. The van der Waals surface area contributed by atoms with E-state index in [0.29, 0.717) is 12.5 Å². The highest BCUT2D eigenvalue weighted by Gasteiger charge is 2.12. The first kappa shape index (κ1) is 12.7. The summed E-state index contributed by atoms with van der Waals surface area (Å²) in [6.07, 6.45) is 3.08. The summed E-state index contributed by atoms with van der Waals surface area (Å²) in [5.41, 5.74) is 2.67. The summed E-state index contributed by atoms with van der Waals surface area (Å²) >= 11 is 3.65. The number of hydrogen-bond donors (Lipinski definition) is 1. The molecule has 0 saturated carbocycles. The molecule has 0 spiro atoms. The van der Waals surface area contributed by atoms with Crippen LogP contribution in [0.1, 0.15) is 43.2 Å². The first-order valence-electron chi connectivity index (χ1n) is 5.56. The molecule has 0 fully saturated rings. The van der Waals surface area contributed by atoms with E-state index in [0.717, 1.165) is 19.3 Å². The second-order valence-electron chi connectivity index (χ2n) is 3.95. The molecule has 0 amide bonds. The van der Waals surface area contributed by atoms with E-state index in [4.69, 9.17) is 5.11 Å². The van der Waals surface area contributed by atoms with Gasteiger partial charge in [0.15, 0.2) is 0 Å². The third kappa shape index (κ3) is 3.32. The molecule has 0 saturated heterocycles. The molecule has 1 rings (SSSR count). The van der Waals surface area contributed by atoms with Crippen LogP contribution in [0.15, 0.2) is 22.7 Å². The summed E-state index contributed by atoms with van der Waals surface area (Å²) in [5.74, 6) is 0.562. The molecule has 84 valence electrons. The molecule has 0 aliphatic carbocycles. The molecule has 1 aromatic rings. The largest absolute Gasteiger partial charge is 0.396 e. The van der Waals surface area contributed by atoms with Crippen LogP contribution in [0.25, 0.3) is 0 Å². The van der Waals surface area contributed by atoms with Crippen LogP contribution < -0.4 is 0 Å². The molecule has 0 bridgehead atoms. The third-order valence-corrected chi connectivity index (χ3v) is 3.95. The van der Waals surface area contributed by atoms with E-state index in [1.807, 2.05) is 0 Å². The Labute approximate surface area is 101 Å². The number of aliphatic hydroxyl groups is 1. The summed E-state index contributed by atoms with van der Waals surface area (Å²) in [4.78, 5) is 0. The highest BCUT2D eigenvalue weighted by Crippen LogP contribution is 2.32. The van der Waals surface area contributed by atoms with Gasteiger partial charge < -0.3 is 5.11 Å². The van der Waals surface area contributed by atoms with E-state index < -0.39 is 0 Å². The molecule has 2 heteroatoms. The van der Waals surface area contributed by atoms with E-state index in [9.17, 15) is 0 Å². The van der Waals surface area contributed by atoms with E-state index in [1.54, 1.807) is 0 Å². The maximum Gasteiger partial charge on any atom is 0.0431 e. The van der Waals surface area contributed by atoms with Crippen molar-refractivity contribution in [3.05, 3.63) is 33.8 Å².